The van der Waals surface area contributed by atoms with Crippen LogP contribution in [0.15, 0.2) is 24.5 Å². The van der Waals surface area contributed by atoms with E-state index in [0.29, 0.717) is 39.0 Å². The molecule has 0 aromatic carbocycles. The predicted molar refractivity (Wildman–Crippen MR) is 99.4 cm³/mol. The maximum Gasteiger partial charge on any atom is 0.240 e. The van der Waals surface area contributed by atoms with Crippen LogP contribution in [0.4, 0.5) is 0 Å². The Bertz CT molecular complexity index is 628. The number of nitrogens with one attached hydrogen (secondary N) is 1. The zero-order valence-corrected chi connectivity index (χ0v) is 15.8. The van der Waals surface area contributed by atoms with Crippen LogP contribution < -0.4 is 5.32 Å². The molecule has 2 saturated heterocycles. The molecule has 1 N–H and O–H groups in total. The highest BCUT2D eigenvalue weighted by Crippen LogP contribution is 2.30. The van der Waals surface area contributed by atoms with Crippen molar-refractivity contribution in [1.82, 2.24) is 25.0 Å². The van der Waals surface area contributed by atoms with Gasteiger partial charge in [0, 0.05) is 45.1 Å². The molecule has 3 rings (SSSR count). The highest BCUT2D eigenvalue weighted by molar-refractivity contribution is 5.87. The molecule has 0 unspecified atom stereocenters. The lowest BCUT2D eigenvalue weighted by Gasteiger charge is -2.45. The minimum Gasteiger partial charge on any atom is -0.354 e. The molecule has 2 aliphatic heterocycles. The van der Waals surface area contributed by atoms with E-state index in [9.17, 15) is 9.59 Å². The third kappa shape index (κ3) is 4.04. The molecule has 0 aliphatic carbocycles. The molecule has 0 radical (unpaired) electrons. The van der Waals surface area contributed by atoms with Gasteiger partial charge in [-0.15, -0.1) is 0 Å². The summed E-state index contributed by atoms with van der Waals surface area (Å²) in [6.07, 6.45) is 5.96. The van der Waals surface area contributed by atoms with Gasteiger partial charge in [0.25, 0.3) is 0 Å². The lowest BCUT2D eigenvalue weighted by Crippen LogP contribution is -2.61. The number of rotatable bonds is 4. The molecule has 2 amide bonds. The smallest absolute Gasteiger partial charge is 0.240 e. The van der Waals surface area contributed by atoms with Crippen molar-refractivity contribution >= 4 is 11.8 Å². The van der Waals surface area contributed by atoms with Crippen LogP contribution >= 0.6 is 0 Å². The van der Waals surface area contributed by atoms with Gasteiger partial charge in [0.15, 0.2) is 0 Å². The van der Waals surface area contributed by atoms with Crippen LogP contribution in [0.1, 0.15) is 24.8 Å². The number of hydrogen-bond acceptors (Lipinski definition) is 5. The van der Waals surface area contributed by atoms with Gasteiger partial charge in [-0.1, -0.05) is 6.07 Å². The van der Waals surface area contributed by atoms with Gasteiger partial charge >= 0.3 is 0 Å². The number of carbonyl (C=O) groups is 2. The molecule has 1 spiro atoms. The topological polar surface area (TPSA) is 68.8 Å². The summed E-state index contributed by atoms with van der Waals surface area (Å²) in [6, 6.07) is 3.92. The number of aromatic nitrogens is 1. The minimum absolute atomic E-state index is 0.123. The van der Waals surface area contributed by atoms with E-state index < -0.39 is 5.54 Å². The Morgan fingerprint density at radius 1 is 1.35 bits per heavy atom. The van der Waals surface area contributed by atoms with E-state index in [1.807, 2.05) is 42.2 Å². The molecule has 142 valence electrons. The number of nitrogens with zero attached hydrogens (tertiary/aromatic N) is 4. The third-order valence-electron chi connectivity index (χ3n) is 5.63. The molecule has 2 aliphatic rings. The summed E-state index contributed by atoms with van der Waals surface area (Å²) < 4.78 is 0. The van der Waals surface area contributed by atoms with E-state index in [1.165, 1.54) is 0 Å². The van der Waals surface area contributed by atoms with Crippen molar-refractivity contribution in [2.24, 2.45) is 0 Å². The molecule has 26 heavy (non-hydrogen) atoms. The minimum atomic E-state index is -0.450. The first kappa shape index (κ1) is 18.8. The Hall–Kier alpha value is -1.99. The Morgan fingerprint density at radius 3 is 2.81 bits per heavy atom. The molecule has 0 atom stereocenters. The molecular formula is C19H29N5O2. The highest BCUT2D eigenvalue weighted by atomic mass is 16.2. The predicted octanol–water partition coefficient (Wildman–Crippen LogP) is 0.326. The number of hydrogen-bond donors (Lipinski definition) is 1. The van der Waals surface area contributed by atoms with Gasteiger partial charge in [0.2, 0.25) is 11.8 Å². The molecule has 7 heteroatoms. The molecule has 1 aromatic rings. The van der Waals surface area contributed by atoms with Gasteiger partial charge in [0.1, 0.15) is 5.54 Å². The number of likely N-dealkylation sites (N-methyl/N-ethyl adjacent to an activating group) is 2. The van der Waals surface area contributed by atoms with E-state index in [1.54, 1.807) is 6.20 Å². The molecule has 7 nitrogen and oxygen atoms in total. The van der Waals surface area contributed by atoms with Crippen molar-refractivity contribution < 1.29 is 9.59 Å². The van der Waals surface area contributed by atoms with Gasteiger partial charge in [-0.05, 0) is 45.0 Å². The van der Waals surface area contributed by atoms with Crippen molar-refractivity contribution in [2.45, 2.75) is 31.3 Å². The zero-order valence-electron chi connectivity index (χ0n) is 15.8. The fourth-order valence-corrected chi connectivity index (χ4v) is 3.99. The van der Waals surface area contributed by atoms with Crippen molar-refractivity contribution in [3.05, 3.63) is 30.1 Å². The van der Waals surface area contributed by atoms with Gasteiger partial charge in [0.05, 0.1) is 6.54 Å². The largest absolute Gasteiger partial charge is 0.354 e. The highest BCUT2D eigenvalue weighted by Gasteiger charge is 2.46. The van der Waals surface area contributed by atoms with E-state index >= 15 is 0 Å². The SMILES string of the molecule is CN(CC(=O)N1CCC2(CC1)C(=O)NCCCN2C)Cc1cccnc1. The van der Waals surface area contributed by atoms with Crippen LogP contribution in [-0.4, -0.2) is 83.9 Å². The molecule has 2 fully saturated rings. The third-order valence-corrected chi connectivity index (χ3v) is 5.63. The molecule has 1 aromatic heterocycles. The first-order chi connectivity index (χ1) is 12.5. The van der Waals surface area contributed by atoms with Crippen molar-refractivity contribution in [3.63, 3.8) is 0 Å². The van der Waals surface area contributed by atoms with E-state index in [4.69, 9.17) is 0 Å². The Kier molecular flexibility index (Phi) is 5.88. The van der Waals surface area contributed by atoms with Crippen LogP contribution in [0.25, 0.3) is 0 Å². The average Bonchev–Trinajstić information content (AvgIpc) is 2.77. The van der Waals surface area contributed by atoms with Crippen molar-refractivity contribution in [2.75, 3.05) is 46.8 Å². The normalized spacial score (nSPS) is 20.9. The summed E-state index contributed by atoms with van der Waals surface area (Å²) in [4.78, 5) is 35.5. The van der Waals surface area contributed by atoms with E-state index in [2.05, 4.69) is 15.2 Å². The second-order valence-electron chi connectivity index (χ2n) is 7.48. The number of likely N-dealkylation sites (tertiary alicyclic amines) is 1. The second-order valence-corrected chi connectivity index (χ2v) is 7.48. The molecule has 3 heterocycles. The number of pyridine rings is 1. The Morgan fingerprint density at radius 2 is 2.12 bits per heavy atom. The second kappa shape index (κ2) is 8.14. The van der Waals surface area contributed by atoms with Crippen molar-refractivity contribution in [3.8, 4) is 0 Å². The first-order valence-corrected chi connectivity index (χ1v) is 9.36. The maximum absolute atomic E-state index is 12.7. The van der Waals surface area contributed by atoms with Crippen LogP contribution in [0.3, 0.4) is 0 Å². The summed E-state index contributed by atoms with van der Waals surface area (Å²) >= 11 is 0. The molecular weight excluding hydrogens is 330 g/mol. The fraction of sp³-hybridized carbons (Fsp3) is 0.632. The summed E-state index contributed by atoms with van der Waals surface area (Å²) in [5.74, 6) is 0.251. The standard InChI is InChI=1S/C19H29N5O2/c1-22(14-16-5-3-8-20-13-16)15-17(25)24-11-6-19(7-12-24)18(26)21-9-4-10-23(19)2/h3,5,8,13H,4,6-7,9-12,14-15H2,1-2H3,(H,21,26). The van der Waals surface area contributed by atoms with Gasteiger partial charge in [-0.25, -0.2) is 0 Å². The van der Waals surface area contributed by atoms with Gasteiger partial charge < -0.3 is 10.2 Å². The van der Waals surface area contributed by atoms with Crippen molar-refractivity contribution in [1.29, 1.82) is 0 Å². The Labute approximate surface area is 155 Å². The van der Waals surface area contributed by atoms with E-state index in [-0.39, 0.29) is 11.8 Å². The quantitative estimate of drug-likeness (QED) is 0.839. The summed E-state index contributed by atoms with van der Waals surface area (Å²) in [5.41, 5.74) is 0.645. The summed E-state index contributed by atoms with van der Waals surface area (Å²) in [6.45, 7) is 4.01. The van der Waals surface area contributed by atoms with Gasteiger partial charge in [-0.2, -0.15) is 0 Å². The molecule has 0 saturated carbocycles. The number of carbonyl (C=O) groups excluding carboxylic acids is 2. The van der Waals surface area contributed by atoms with Crippen LogP contribution in [0.2, 0.25) is 0 Å². The lowest BCUT2D eigenvalue weighted by molar-refractivity contribution is -0.141. The first-order valence-electron chi connectivity index (χ1n) is 9.36. The Balaban J connectivity index is 1.54. The maximum atomic E-state index is 12.7. The summed E-state index contributed by atoms with van der Waals surface area (Å²) in [7, 11) is 3.98. The lowest BCUT2D eigenvalue weighted by atomic mass is 9.85. The number of amides is 2. The fourth-order valence-electron chi connectivity index (χ4n) is 3.99. The van der Waals surface area contributed by atoms with Crippen LogP contribution in [-0.2, 0) is 16.1 Å². The zero-order chi connectivity index (χ0) is 18.6. The molecule has 0 bridgehead atoms. The van der Waals surface area contributed by atoms with E-state index in [0.717, 1.165) is 25.1 Å². The van der Waals surface area contributed by atoms with Crippen LogP contribution in [0, 0.1) is 0 Å². The average molecular weight is 359 g/mol. The van der Waals surface area contributed by atoms with Crippen LogP contribution in [0.5, 0.6) is 0 Å². The van der Waals surface area contributed by atoms with Gasteiger partial charge in [-0.3, -0.25) is 24.4 Å². The monoisotopic (exact) mass is 359 g/mol. The number of piperidine rings is 1. The summed E-state index contributed by atoms with van der Waals surface area (Å²) in [5, 5.41) is 3.04.